The van der Waals surface area contributed by atoms with Gasteiger partial charge in [-0.25, -0.2) is 4.98 Å². The third kappa shape index (κ3) is 3.95. The molecule has 25 heavy (non-hydrogen) atoms. The molecule has 1 atom stereocenters. The fourth-order valence-electron chi connectivity index (χ4n) is 3.10. The molecule has 8 heteroatoms. The number of nitriles is 1. The summed E-state index contributed by atoms with van der Waals surface area (Å²) >= 11 is 0. The lowest BCUT2D eigenvalue weighted by atomic mass is 10.1. The van der Waals surface area contributed by atoms with Gasteiger partial charge < -0.3 is 9.73 Å². The van der Waals surface area contributed by atoms with Crippen molar-refractivity contribution in [1.82, 2.24) is 9.88 Å². The van der Waals surface area contributed by atoms with Gasteiger partial charge in [-0.15, -0.1) is 0 Å². The Morgan fingerprint density at radius 3 is 2.80 bits per heavy atom. The minimum atomic E-state index is -0.602. The van der Waals surface area contributed by atoms with Gasteiger partial charge in [-0.3, -0.25) is 15.0 Å². The topological polar surface area (TPSA) is 108 Å². The van der Waals surface area contributed by atoms with E-state index in [1.54, 1.807) is 12.3 Å². The molecule has 1 aliphatic rings. The lowest BCUT2D eigenvalue weighted by Crippen LogP contribution is -2.37. The van der Waals surface area contributed by atoms with E-state index in [1.807, 2.05) is 12.1 Å². The van der Waals surface area contributed by atoms with E-state index in [0.717, 1.165) is 31.7 Å². The number of likely N-dealkylation sites (tertiary alicyclic amines) is 1. The predicted molar refractivity (Wildman–Crippen MR) is 91.0 cm³/mol. The summed E-state index contributed by atoms with van der Waals surface area (Å²) in [6.07, 6.45) is 5.21. The molecular formula is C17H19N5O3. The first kappa shape index (κ1) is 16.9. The highest BCUT2D eigenvalue weighted by atomic mass is 16.6. The fourth-order valence-corrected chi connectivity index (χ4v) is 3.10. The molecule has 1 saturated heterocycles. The number of aromatic nitrogens is 1. The third-order valence-electron chi connectivity index (χ3n) is 4.36. The van der Waals surface area contributed by atoms with Gasteiger partial charge in [0.15, 0.2) is 0 Å². The molecule has 0 radical (unpaired) electrons. The highest BCUT2D eigenvalue weighted by molar-refractivity contribution is 5.50. The van der Waals surface area contributed by atoms with Crippen LogP contribution < -0.4 is 5.32 Å². The Balaban J connectivity index is 1.75. The molecule has 0 spiro atoms. The number of piperidine rings is 1. The number of hydrogen-bond acceptors (Lipinski definition) is 7. The van der Waals surface area contributed by atoms with Crippen molar-refractivity contribution < 1.29 is 9.34 Å². The number of nitro groups is 1. The summed E-state index contributed by atoms with van der Waals surface area (Å²) in [6.45, 7) is 2.55. The maximum atomic E-state index is 10.9. The van der Waals surface area contributed by atoms with Crippen molar-refractivity contribution in [3.05, 3.63) is 52.1 Å². The molecule has 1 N–H and O–H groups in total. The van der Waals surface area contributed by atoms with Crippen molar-refractivity contribution in [2.24, 2.45) is 0 Å². The van der Waals surface area contributed by atoms with Gasteiger partial charge in [0.2, 0.25) is 5.69 Å². The Labute approximate surface area is 145 Å². The van der Waals surface area contributed by atoms with Crippen LogP contribution in [0.3, 0.4) is 0 Å². The maximum absolute atomic E-state index is 10.9. The van der Waals surface area contributed by atoms with Gasteiger partial charge in [0.25, 0.3) is 0 Å². The van der Waals surface area contributed by atoms with Gasteiger partial charge >= 0.3 is 5.69 Å². The Hall–Kier alpha value is -2.92. The molecule has 1 unspecified atom stereocenters. The van der Waals surface area contributed by atoms with Crippen LogP contribution in [0.15, 0.2) is 34.9 Å². The van der Waals surface area contributed by atoms with E-state index < -0.39 is 4.92 Å². The summed E-state index contributed by atoms with van der Waals surface area (Å²) in [6, 6.07) is 8.47. The largest absolute Gasteiger partial charge is 0.468 e. The summed E-state index contributed by atoms with van der Waals surface area (Å²) in [5.74, 6) is 1.31. The molecule has 0 aromatic carbocycles. The molecule has 0 aliphatic carbocycles. The molecule has 3 rings (SSSR count). The zero-order valence-electron chi connectivity index (χ0n) is 13.7. The van der Waals surface area contributed by atoms with Crippen LogP contribution in [0.1, 0.15) is 36.8 Å². The first-order valence-corrected chi connectivity index (χ1v) is 8.26. The van der Waals surface area contributed by atoms with Gasteiger partial charge in [-0.2, -0.15) is 5.26 Å². The van der Waals surface area contributed by atoms with Gasteiger partial charge in [0, 0.05) is 12.6 Å². The van der Waals surface area contributed by atoms with E-state index in [-0.39, 0.29) is 17.4 Å². The SMILES string of the molecule is N#Cc1nc(NCC(c2ccco2)N2CCCCC2)ccc1[N+](=O)[O-]. The minimum Gasteiger partial charge on any atom is -0.468 e. The molecule has 0 amide bonds. The van der Waals surface area contributed by atoms with Crippen LogP contribution in [-0.4, -0.2) is 34.4 Å². The predicted octanol–water partition coefficient (Wildman–Crippen LogP) is 3.09. The van der Waals surface area contributed by atoms with E-state index in [1.165, 1.54) is 18.6 Å². The molecule has 130 valence electrons. The van der Waals surface area contributed by atoms with Gasteiger partial charge in [0.05, 0.1) is 17.2 Å². The van der Waals surface area contributed by atoms with E-state index in [0.29, 0.717) is 12.4 Å². The van der Waals surface area contributed by atoms with E-state index in [9.17, 15) is 10.1 Å². The standard InChI is InChI=1S/C17H19N5O3/c18-11-13-14(22(23)24)6-7-17(20-13)19-12-15(16-5-4-10-25-16)21-8-2-1-3-9-21/h4-7,10,15H,1-3,8-9,12H2,(H,19,20). The second-order valence-corrected chi connectivity index (χ2v) is 5.94. The fraction of sp³-hybridized carbons (Fsp3) is 0.412. The molecular weight excluding hydrogens is 322 g/mol. The summed E-state index contributed by atoms with van der Waals surface area (Å²) in [5.41, 5.74) is -0.478. The number of anilines is 1. The first-order chi connectivity index (χ1) is 12.2. The van der Waals surface area contributed by atoms with Crippen molar-refractivity contribution in [3.63, 3.8) is 0 Å². The average molecular weight is 341 g/mol. The maximum Gasteiger partial charge on any atom is 0.305 e. The Kier molecular flexibility index (Phi) is 5.26. The number of nitrogens with zero attached hydrogens (tertiary/aromatic N) is 4. The van der Waals surface area contributed by atoms with Crippen LogP contribution >= 0.6 is 0 Å². The van der Waals surface area contributed by atoms with Crippen LogP contribution in [0, 0.1) is 21.4 Å². The van der Waals surface area contributed by atoms with Gasteiger partial charge in [-0.1, -0.05) is 6.42 Å². The van der Waals surface area contributed by atoms with Crippen LogP contribution in [0.2, 0.25) is 0 Å². The van der Waals surface area contributed by atoms with E-state index >= 15 is 0 Å². The van der Waals surface area contributed by atoms with Crippen LogP contribution in [0.5, 0.6) is 0 Å². The third-order valence-corrected chi connectivity index (χ3v) is 4.36. The van der Waals surface area contributed by atoms with Crippen molar-refractivity contribution in [2.45, 2.75) is 25.3 Å². The van der Waals surface area contributed by atoms with Crippen molar-refractivity contribution >= 4 is 11.5 Å². The van der Waals surface area contributed by atoms with Gasteiger partial charge in [-0.05, 0) is 44.1 Å². The molecule has 2 aromatic rings. The monoisotopic (exact) mass is 341 g/mol. The Morgan fingerprint density at radius 2 is 2.16 bits per heavy atom. The van der Waals surface area contributed by atoms with Crippen molar-refractivity contribution in [1.29, 1.82) is 5.26 Å². The number of rotatable bonds is 6. The molecule has 0 saturated carbocycles. The summed E-state index contributed by atoms with van der Waals surface area (Å²) in [7, 11) is 0. The number of pyridine rings is 1. The first-order valence-electron chi connectivity index (χ1n) is 8.26. The Morgan fingerprint density at radius 1 is 1.36 bits per heavy atom. The highest BCUT2D eigenvalue weighted by Gasteiger charge is 2.24. The van der Waals surface area contributed by atoms with Crippen LogP contribution in [-0.2, 0) is 0 Å². The smallest absolute Gasteiger partial charge is 0.305 e. The molecule has 8 nitrogen and oxygen atoms in total. The zero-order chi connectivity index (χ0) is 17.6. The number of hydrogen-bond donors (Lipinski definition) is 1. The normalized spacial score (nSPS) is 16.1. The summed E-state index contributed by atoms with van der Waals surface area (Å²) in [5, 5.41) is 23.1. The lowest BCUT2D eigenvalue weighted by Gasteiger charge is -2.33. The van der Waals surface area contributed by atoms with Crippen LogP contribution in [0.4, 0.5) is 11.5 Å². The quantitative estimate of drug-likeness (QED) is 0.635. The van der Waals surface area contributed by atoms with Gasteiger partial charge in [0.1, 0.15) is 17.6 Å². The molecule has 1 fully saturated rings. The van der Waals surface area contributed by atoms with E-state index in [4.69, 9.17) is 9.68 Å². The average Bonchev–Trinajstić information content (AvgIpc) is 3.17. The summed E-state index contributed by atoms with van der Waals surface area (Å²) < 4.78 is 5.59. The molecule has 1 aliphatic heterocycles. The van der Waals surface area contributed by atoms with Crippen molar-refractivity contribution in [2.75, 3.05) is 25.0 Å². The molecule has 3 heterocycles. The zero-order valence-corrected chi connectivity index (χ0v) is 13.7. The summed E-state index contributed by atoms with van der Waals surface area (Å²) in [4.78, 5) is 16.7. The lowest BCUT2D eigenvalue weighted by molar-refractivity contribution is -0.385. The number of nitrogens with one attached hydrogen (secondary N) is 1. The molecule has 2 aromatic heterocycles. The van der Waals surface area contributed by atoms with Crippen LogP contribution in [0.25, 0.3) is 0 Å². The highest BCUT2D eigenvalue weighted by Crippen LogP contribution is 2.26. The second kappa shape index (κ2) is 7.77. The minimum absolute atomic E-state index is 0.0535. The Bertz CT molecular complexity index is 763. The molecule has 0 bridgehead atoms. The number of furan rings is 1. The second-order valence-electron chi connectivity index (χ2n) is 5.94. The van der Waals surface area contributed by atoms with E-state index in [2.05, 4.69) is 15.2 Å². The van der Waals surface area contributed by atoms with Crippen molar-refractivity contribution in [3.8, 4) is 6.07 Å².